The molecule has 0 saturated heterocycles. The van der Waals surface area contributed by atoms with Crippen molar-refractivity contribution in [1.82, 2.24) is 0 Å². The summed E-state index contributed by atoms with van der Waals surface area (Å²) in [5.41, 5.74) is 0.936. The summed E-state index contributed by atoms with van der Waals surface area (Å²) < 4.78 is 28.4. The zero-order chi connectivity index (χ0) is 15.0. The maximum absolute atomic E-state index is 13.7. The number of benzene rings is 2. The summed E-state index contributed by atoms with van der Waals surface area (Å²) in [5, 5.41) is 0. The SMILES string of the molecule is Cc1c(F)cc(Br)cc1C(=O)c1cc(Br)cc(F)c1C. The largest absolute Gasteiger partial charge is 0.289 e. The van der Waals surface area contributed by atoms with Gasteiger partial charge in [0.25, 0.3) is 0 Å². The first-order chi connectivity index (χ1) is 9.31. The Morgan fingerprint density at radius 1 is 0.850 bits per heavy atom. The van der Waals surface area contributed by atoms with Crippen molar-refractivity contribution in [2.24, 2.45) is 0 Å². The third kappa shape index (κ3) is 2.83. The van der Waals surface area contributed by atoms with E-state index in [-0.39, 0.29) is 22.3 Å². The van der Waals surface area contributed by atoms with Crippen LogP contribution in [0.1, 0.15) is 27.0 Å². The van der Waals surface area contributed by atoms with Gasteiger partial charge < -0.3 is 0 Å². The van der Waals surface area contributed by atoms with Crippen molar-refractivity contribution < 1.29 is 13.6 Å². The zero-order valence-corrected chi connectivity index (χ0v) is 13.9. The van der Waals surface area contributed by atoms with E-state index < -0.39 is 17.4 Å². The Morgan fingerprint density at radius 3 is 1.55 bits per heavy atom. The van der Waals surface area contributed by atoms with E-state index in [1.54, 1.807) is 12.1 Å². The average Bonchev–Trinajstić information content (AvgIpc) is 2.37. The van der Waals surface area contributed by atoms with E-state index in [2.05, 4.69) is 31.9 Å². The number of carbonyl (C=O) groups excluding carboxylic acids is 1. The summed E-state index contributed by atoms with van der Waals surface area (Å²) >= 11 is 6.32. The molecule has 1 nitrogen and oxygen atoms in total. The van der Waals surface area contributed by atoms with Crippen LogP contribution in [0.5, 0.6) is 0 Å². The maximum Gasteiger partial charge on any atom is 0.193 e. The molecular weight excluding hydrogens is 394 g/mol. The van der Waals surface area contributed by atoms with E-state index in [0.29, 0.717) is 8.95 Å². The molecular formula is C15H10Br2F2O. The third-order valence-corrected chi connectivity index (χ3v) is 4.02. The Morgan fingerprint density at radius 2 is 1.20 bits per heavy atom. The van der Waals surface area contributed by atoms with E-state index in [1.165, 1.54) is 26.0 Å². The number of hydrogen-bond donors (Lipinski definition) is 0. The molecule has 0 N–H and O–H groups in total. The fraction of sp³-hybridized carbons (Fsp3) is 0.133. The lowest BCUT2D eigenvalue weighted by molar-refractivity contribution is 0.103. The lowest BCUT2D eigenvalue weighted by Crippen LogP contribution is -2.08. The smallest absolute Gasteiger partial charge is 0.193 e. The summed E-state index contributed by atoms with van der Waals surface area (Å²) in [4.78, 5) is 12.5. The Labute approximate surface area is 132 Å². The Kier molecular flexibility index (Phi) is 4.39. The van der Waals surface area contributed by atoms with Crippen LogP contribution in [-0.2, 0) is 0 Å². The van der Waals surface area contributed by atoms with Crippen LogP contribution in [0, 0.1) is 25.5 Å². The predicted octanol–water partition coefficient (Wildman–Crippen LogP) is 5.34. The average molecular weight is 404 g/mol. The quantitative estimate of drug-likeness (QED) is 0.618. The molecule has 0 amide bonds. The number of halogens is 4. The number of ketones is 1. The van der Waals surface area contributed by atoms with Crippen molar-refractivity contribution in [3.8, 4) is 0 Å². The third-order valence-electron chi connectivity index (χ3n) is 3.11. The lowest BCUT2D eigenvalue weighted by Gasteiger charge is -2.10. The van der Waals surface area contributed by atoms with Gasteiger partial charge >= 0.3 is 0 Å². The minimum atomic E-state index is -0.476. The monoisotopic (exact) mass is 402 g/mol. The number of rotatable bonds is 2. The number of hydrogen-bond acceptors (Lipinski definition) is 1. The molecule has 20 heavy (non-hydrogen) atoms. The molecule has 0 aliphatic heterocycles. The van der Waals surface area contributed by atoms with Gasteiger partial charge in [-0.1, -0.05) is 31.9 Å². The molecule has 2 rings (SSSR count). The van der Waals surface area contributed by atoms with Gasteiger partial charge in [0, 0.05) is 20.1 Å². The molecule has 0 heterocycles. The second-order valence-electron chi connectivity index (χ2n) is 4.45. The van der Waals surface area contributed by atoms with Gasteiger partial charge in [-0.3, -0.25) is 4.79 Å². The van der Waals surface area contributed by atoms with Crippen LogP contribution in [0.3, 0.4) is 0 Å². The van der Waals surface area contributed by atoms with Crippen molar-refractivity contribution in [2.45, 2.75) is 13.8 Å². The Balaban J connectivity index is 2.64. The van der Waals surface area contributed by atoms with Crippen LogP contribution >= 0.6 is 31.9 Å². The molecule has 0 saturated carbocycles. The fourth-order valence-electron chi connectivity index (χ4n) is 1.91. The summed E-state index contributed by atoms with van der Waals surface area (Å²) in [6, 6.07) is 5.67. The van der Waals surface area contributed by atoms with Crippen molar-refractivity contribution in [3.63, 3.8) is 0 Å². The molecule has 2 aromatic carbocycles. The number of carbonyl (C=O) groups is 1. The highest BCUT2D eigenvalue weighted by Crippen LogP contribution is 2.26. The molecule has 5 heteroatoms. The molecule has 0 atom stereocenters. The summed E-state index contributed by atoms with van der Waals surface area (Å²) in [5.74, 6) is -1.35. The topological polar surface area (TPSA) is 17.1 Å². The molecule has 0 unspecified atom stereocenters. The molecule has 0 radical (unpaired) electrons. The van der Waals surface area contributed by atoms with Gasteiger partial charge in [0.2, 0.25) is 0 Å². The standard InChI is InChI=1S/C15H10Br2F2O/c1-7-11(3-9(16)5-13(7)18)15(20)12-4-10(17)6-14(19)8(12)2/h3-6H,1-2H3. The summed E-state index contributed by atoms with van der Waals surface area (Å²) in [6.45, 7) is 3.05. The highest BCUT2D eigenvalue weighted by molar-refractivity contribution is 9.10. The zero-order valence-electron chi connectivity index (χ0n) is 10.7. The normalized spacial score (nSPS) is 10.7. The van der Waals surface area contributed by atoms with Crippen LogP contribution in [0.15, 0.2) is 33.2 Å². The maximum atomic E-state index is 13.7. The van der Waals surface area contributed by atoms with Crippen LogP contribution in [0.4, 0.5) is 8.78 Å². The van der Waals surface area contributed by atoms with E-state index in [9.17, 15) is 13.6 Å². The van der Waals surface area contributed by atoms with Crippen molar-refractivity contribution in [3.05, 3.63) is 67.1 Å². The van der Waals surface area contributed by atoms with Crippen LogP contribution < -0.4 is 0 Å². The van der Waals surface area contributed by atoms with Crippen LogP contribution in [0.25, 0.3) is 0 Å². The van der Waals surface area contributed by atoms with Gasteiger partial charge in [-0.25, -0.2) is 8.78 Å². The Hall–Kier alpha value is -1.07. The van der Waals surface area contributed by atoms with Crippen molar-refractivity contribution in [1.29, 1.82) is 0 Å². The van der Waals surface area contributed by atoms with Gasteiger partial charge in [0.15, 0.2) is 5.78 Å². The van der Waals surface area contributed by atoms with Crippen LogP contribution in [-0.4, -0.2) is 5.78 Å². The Bertz CT molecular complexity index is 652. The summed E-state index contributed by atoms with van der Waals surface area (Å²) in [6.07, 6.45) is 0. The first-order valence-electron chi connectivity index (χ1n) is 5.77. The molecule has 0 aliphatic carbocycles. The molecule has 0 spiro atoms. The van der Waals surface area contributed by atoms with E-state index in [0.717, 1.165) is 0 Å². The van der Waals surface area contributed by atoms with E-state index >= 15 is 0 Å². The first-order valence-corrected chi connectivity index (χ1v) is 7.36. The second-order valence-corrected chi connectivity index (χ2v) is 6.28. The second kappa shape index (κ2) is 5.74. The molecule has 0 aliphatic rings. The van der Waals surface area contributed by atoms with Gasteiger partial charge in [-0.05, 0) is 49.2 Å². The highest BCUT2D eigenvalue weighted by Gasteiger charge is 2.19. The molecule has 0 aromatic heterocycles. The fourth-order valence-corrected chi connectivity index (χ4v) is 2.77. The predicted molar refractivity (Wildman–Crippen MR) is 81.1 cm³/mol. The first kappa shape index (κ1) is 15.3. The van der Waals surface area contributed by atoms with Gasteiger partial charge in [-0.2, -0.15) is 0 Å². The van der Waals surface area contributed by atoms with E-state index in [1.807, 2.05) is 0 Å². The van der Waals surface area contributed by atoms with Gasteiger partial charge in [0.05, 0.1) is 0 Å². The van der Waals surface area contributed by atoms with Crippen molar-refractivity contribution in [2.75, 3.05) is 0 Å². The minimum Gasteiger partial charge on any atom is -0.289 e. The molecule has 0 bridgehead atoms. The van der Waals surface area contributed by atoms with Crippen LogP contribution in [0.2, 0.25) is 0 Å². The van der Waals surface area contributed by atoms with Gasteiger partial charge in [-0.15, -0.1) is 0 Å². The molecule has 2 aromatic rings. The molecule has 104 valence electrons. The van der Waals surface area contributed by atoms with Gasteiger partial charge in [0.1, 0.15) is 11.6 Å². The molecule has 0 fully saturated rings. The van der Waals surface area contributed by atoms with E-state index in [4.69, 9.17) is 0 Å². The lowest BCUT2D eigenvalue weighted by atomic mass is 9.95. The summed E-state index contributed by atoms with van der Waals surface area (Å²) in [7, 11) is 0. The highest BCUT2D eigenvalue weighted by atomic mass is 79.9. The minimum absolute atomic E-state index is 0.220. The van der Waals surface area contributed by atoms with Crippen molar-refractivity contribution >= 4 is 37.6 Å².